The Morgan fingerprint density at radius 1 is 1.31 bits per heavy atom. The minimum atomic E-state index is -1.37. The fraction of sp³-hybridized carbons (Fsp3) is 0.444. The molecule has 11 nitrogen and oxygen atoms in total. The second-order valence-corrected chi connectivity index (χ2v) is 6.80. The summed E-state index contributed by atoms with van der Waals surface area (Å²) in [7, 11) is 3.61. The molecule has 1 fully saturated rings. The fourth-order valence-electron chi connectivity index (χ4n) is 3.47. The van der Waals surface area contributed by atoms with Crippen LogP contribution in [0.15, 0.2) is 24.7 Å². The third-order valence-corrected chi connectivity index (χ3v) is 4.95. The van der Waals surface area contributed by atoms with Crippen molar-refractivity contribution in [3.8, 4) is 11.5 Å². The molecule has 4 heterocycles. The third-order valence-electron chi connectivity index (χ3n) is 4.95. The van der Waals surface area contributed by atoms with Crippen molar-refractivity contribution < 1.29 is 19.7 Å². The molecule has 3 unspecified atom stereocenters. The van der Waals surface area contributed by atoms with Crippen molar-refractivity contribution >= 4 is 22.9 Å². The van der Waals surface area contributed by atoms with Crippen LogP contribution < -0.4 is 10.6 Å². The lowest BCUT2D eigenvalue weighted by molar-refractivity contribution is -0.137. The van der Waals surface area contributed by atoms with Gasteiger partial charge < -0.3 is 30.2 Å². The van der Waals surface area contributed by atoms with E-state index in [1.165, 1.54) is 10.9 Å². The molecule has 1 amide bonds. The summed E-state index contributed by atoms with van der Waals surface area (Å²) in [4.78, 5) is 25.6. The average molecular weight is 401 g/mol. The Kier molecular flexibility index (Phi) is 4.94. The van der Waals surface area contributed by atoms with E-state index in [1.54, 1.807) is 14.0 Å². The normalized spacial score (nSPS) is 24.2. The molecule has 3 aromatic heterocycles. The van der Waals surface area contributed by atoms with Crippen LogP contribution in [0.3, 0.4) is 0 Å². The van der Waals surface area contributed by atoms with Crippen LogP contribution in [0.4, 0.5) is 5.82 Å². The number of aliphatic hydroxyl groups is 2. The second-order valence-electron chi connectivity index (χ2n) is 6.80. The lowest BCUT2D eigenvalue weighted by atomic mass is 10.1. The summed E-state index contributed by atoms with van der Waals surface area (Å²) in [6.45, 7) is 2.15. The summed E-state index contributed by atoms with van der Waals surface area (Å²) in [5.41, 5.74) is 1.69. The minimum absolute atomic E-state index is 0.388. The van der Waals surface area contributed by atoms with Gasteiger partial charge in [0.05, 0.1) is 12.0 Å². The maximum Gasteiger partial charge on any atom is 0.252 e. The molecular weight excluding hydrogens is 378 g/mol. The van der Waals surface area contributed by atoms with Crippen molar-refractivity contribution in [1.82, 2.24) is 29.4 Å². The van der Waals surface area contributed by atoms with Gasteiger partial charge in [0.2, 0.25) is 0 Å². The van der Waals surface area contributed by atoms with Crippen LogP contribution in [-0.4, -0.2) is 72.1 Å². The highest BCUT2D eigenvalue weighted by atomic mass is 16.6. The number of hydrogen-bond donors (Lipinski definition) is 4. The van der Waals surface area contributed by atoms with Crippen LogP contribution in [0.5, 0.6) is 0 Å². The molecule has 3 aromatic rings. The number of anilines is 1. The molecule has 4 rings (SSSR count). The largest absolute Gasteiger partial charge is 0.387 e. The van der Waals surface area contributed by atoms with E-state index >= 15 is 0 Å². The number of fused-ring (bicyclic) bond motifs is 1. The van der Waals surface area contributed by atoms with Gasteiger partial charge in [-0.1, -0.05) is 0 Å². The lowest BCUT2D eigenvalue weighted by Crippen LogP contribution is -2.42. The van der Waals surface area contributed by atoms with Crippen LogP contribution in [0, 0.1) is 0 Å². The summed E-state index contributed by atoms with van der Waals surface area (Å²) in [6, 6.07) is 3.77. The quantitative estimate of drug-likeness (QED) is 0.454. The number of aryl methyl sites for hydroxylation is 1. The first-order chi connectivity index (χ1) is 14.0. The number of nitrogens with one attached hydrogen (secondary N) is 2. The standard InChI is InChI=1S/C18H23N7O4/c1-4-20-17(28)13-11(26)12(27)18(29-13)25-8-21-10-15(19-2)22-14(23-16(10)25)9-6-5-7-24(9)3/h5-8,11-13,18,26-27H,4H2,1-3H3,(H,20,28)(H,19,22,23)/t11?,12?,13-,18?/m1/s1. The lowest BCUT2D eigenvalue weighted by Gasteiger charge is -2.17. The van der Waals surface area contributed by atoms with Gasteiger partial charge in [0.25, 0.3) is 5.91 Å². The minimum Gasteiger partial charge on any atom is -0.387 e. The number of aliphatic hydroxyl groups excluding tert-OH is 2. The molecule has 11 heteroatoms. The Morgan fingerprint density at radius 2 is 2.10 bits per heavy atom. The number of rotatable bonds is 5. The van der Waals surface area contributed by atoms with E-state index < -0.39 is 30.4 Å². The van der Waals surface area contributed by atoms with Gasteiger partial charge in [-0.3, -0.25) is 9.36 Å². The molecule has 29 heavy (non-hydrogen) atoms. The molecule has 0 saturated carbocycles. The van der Waals surface area contributed by atoms with Crippen molar-refractivity contribution in [2.45, 2.75) is 31.5 Å². The van der Waals surface area contributed by atoms with Gasteiger partial charge in [-0.25, -0.2) is 15.0 Å². The van der Waals surface area contributed by atoms with Gasteiger partial charge in [-0.15, -0.1) is 0 Å². The van der Waals surface area contributed by atoms with Gasteiger partial charge in [0.1, 0.15) is 12.2 Å². The zero-order chi connectivity index (χ0) is 20.7. The molecule has 0 spiro atoms. The molecule has 0 aromatic carbocycles. The van der Waals surface area contributed by atoms with E-state index in [4.69, 9.17) is 4.74 Å². The SMILES string of the molecule is CCNC(=O)[C@@H]1OC(n2cnc3c(NC)nc(-c4cccn4C)nc32)C(O)C1O. The van der Waals surface area contributed by atoms with Crippen LogP contribution in [0.2, 0.25) is 0 Å². The van der Waals surface area contributed by atoms with Gasteiger partial charge in [-0.05, 0) is 19.1 Å². The van der Waals surface area contributed by atoms with E-state index in [0.29, 0.717) is 29.4 Å². The maximum absolute atomic E-state index is 12.2. The molecule has 0 bridgehead atoms. The van der Waals surface area contributed by atoms with E-state index in [9.17, 15) is 15.0 Å². The number of carbonyl (C=O) groups excluding carboxylic acids is 1. The number of ether oxygens (including phenoxy) is 1. The highest BCUT2D eigenvalue weighted by Crippen LogP contribution is 2.33. The smallest absolute Gasteiger partial charge is 0.252 e. The Morgan fingerprint density at radius 3 is 2.76 bits per heavy atom. The number of amides is 1. The Hall–Kier alpha value is -3.02. The van der Waals surface area contributed by atoms with E-state index in [2.05, 4.69) is 25.6 Å². The van der Waals surface area contributed by atoms with Crippen LogP contribution in [-0.2, 0) is 16.6 Å². The summed E-state index contributed by atoms with van der Waals surface area (Å²) < 4.78 is 9.10. The van der Waals surface area contributed by atoms with Crippen molar-refractivity contribution in [2.75, 3.05) is 18.9 Å². The van der Waals surface area contributed by atoms with Gasteiger partial charge in [-0.2, -0.15) is 0 Å². The number of carbonyl (C=O) groups is 1. The van der Waals surface area contributed by atoms with Gasteiger partial charge >= 0.3 is 0 Å². The first kappa shape index (κ1) is 19.3. The van der Waals surface area contributed by atoms with Gasteiger partial charge in [0.15, 0.2) is 35.1 Å². The molecule has 1 saturated heterocycles. The monoisotopic (exact) mass is 401 g/mol. The molecular formula is C18H23N7O4. The maximum atomic E-state index is 12.2. The Bertz CT molecular complexity index is 1050. The average Bonchev–Trinajstić information content (AvgIpc) is 3.40. The highest BCUT2D eigenvalue weighted by molar-refractivity contribution is 5.85. The second kappa shape index (κ2) is 7.43. The predicted molar refractivity (Wildman–Crippen MR) is 104 cm³/mol. The molecule has 4 N–H and O–H groups in total. The van der Waals surface area contributed by atoms with Crippen molar-refractivity contribution in [1.29, 1.82) is 0 Å². The predicted octanol–water partition coefficient (Wildman–Crippen LogP) is -0.371. The highest BCUT2D eigenvalue weighted by Gasteiger charge is 2.47. The fourth-order valence-corrected chi connectivity index (χ4v) is 3.47. The first-order valence-corrected chi connectivity index (χ1v) is 9.29. The van der Waals surface area contributed by atoms with Crippen molar-refractivity contribution in [3.05, 3.63) is 24.7 Å². The zero-order valence-corrected chi connectivity index (χ0v) is 16.3. The number of imidazole rings is 1. The topological polar surface area (TPSA) is 139 Å². The van der Waals surface area contributed by atoms with Crippen LogP contribution in [0.1, 0.15) is 13.2 Å². The zero-order valence-electron chi connectivity index (χ0n) is 16.3. The summed E-state index contributed by atoms with van der Waals surface area (Å²) in [5, 5.41) is 26.5. The van der Waals surface area contributed by atoms with E-state index in [-0.39, 0.29) is 0 Å². The van der Waals surface area contributed by atoms with Crippen molar-refractivity contribution in [2.24, 2.45) is 7.05 Å². The molecule has 4 atom stereocenters. The van der Waals surface area contributed by atoms with E-state index in [1.807, 2.05) is 29.9 Å². The molecule has 1 aliphatic heterocycles. The van der Waals surface area contributed by atoms with Crippen molar-refractivity contribution in [3.63, 3.8) is 0 Å². The Balaban J connectivity index is 1.78. The van der Waals surface area contributed by atoms with Crippen LogP contribution in [0.25, 0.3) is 22.7 Å². The number of aromatic nitrogens is 5. The molecule has 154 valence electrons. The van der Waals surface area contributed by atoms with Gasteiger partial charge in [0, 0.05) is 26.8 Å². The summed E-state index contributed by atoms with van der Waals surface area (Å²) >= 11 is 0. The number of nitrogens with zero attached hydrogens (tertiary/aromatic N) is 5. The molecule has 0 aliphatic carbocycles. The summed E-state index contributed by atoms with van der Waals surface area (Å²) in [6.07, 6.45) is -1.58. The number of likely N-dealkylation sites (N-methyl/N-ethyl adjacent to an activating group) is 1. The molecule has 1 aliphatic rings. The van der Waals surface area contributed by atoms with E-state index in [0.717, 1.165) is 5.69 Å². The Labute approximate surface area is 166 Å². The molecule has 0 radical (unpaired) electrons. The van der Waals surface area contributed by atoms with Crippen LogP contribution >= 0.6 is 0 Å². The first-order valence-electron chi connectivity index (χ1n) is 9.29. The summed E-state index contributed by atoms with van der Waals surface area (Å²) in [5.74, 6) is 0.490. The number of hydrogen-bond acceptors (Lipinski definition) is 8. The third kappa shape index (κ3) is 3.12.